The largest absolute Gasteiger partial charge is 0.480 e. The van der Waals surface area contributed by atoms with Gasteiger partial charge in [0.15, 0.2) is 0 Å². The maximum absolute atomic E-state index is 11.9. The van der Waals surface area contributed by atoms with Crippen molar-refractivity contribution < 1.29 is 19.4 Å². The van der Waals surface area contributed by atoms with Gasteiger partial charge in [-0.05, 0) is 12.1 Å². The predicted molar refractivity (Wildman–Crippen MR) is 62.1 cm³/mol. The van der Waals surface area contributed by atoms with Gasteiger partial charge in [-0.1, -0.05) is 6.07 Å². The van der Waals surface area contributed by atoms with Crippen molar-refractivity contribution >= 4 is 11.9 Å². The Balaban J connectivity index is 2.15. The summed E-state index contributed by atoms with van der Waals surface area (Å²) in [6.07, 6.45) is 2.02. The van der Waals surface area contributed by atoms with Gasteiger partial charge >= 0.3 is 5.97 Å². The summed E-state index contributed by atoms with van der Waals surface area (Å²) in [6, 6.07) is 4.92. The van der Waals surface area contributed by atoms with Crippen molar-refractivity contribution in [3.63, 3.8) is 0 Å². The molecule has 1 fully saturated rings. The molecular weight excluding hydrogens is 236 g/mol. The zero-order valence-electron chi connectivity index (χ0n) is 9.76. The van der Waals surface area contributed by atoms with Crippen LogP contribution < -0.4 is 5.32 Å². The van der Waals surface area contributed by atoms with Gasteiger partial charge in [0.25, 0.3) is 5.91 Å². The molecule has 2 heterocycles. The third-order valence-corrected chi connectivity index (χ3v) is 3.01. The molecule has 1 aromatic rings. The van der Waals surface area contributed by atoms with E-state index in [1.54, 1.807) is 18.2 Å². The van der Waals surface area contributed by atoms with E-state index in [4.69, 9.17) is 4.74 Å². The summed E-state index contributed by atoms with van der Waals surface area (Å²) in [6.45, 7) is 0.656. The number of amides is 1. The van der Waals surface area contributed by atoms with Gasteiger partial charge in [0, 0.05) is 32.3 Å². The van der Waals surface area contributed by atoms with Crippen molar-refractivity contribution in [2.75, 3.05) is 13.2 Å². The quantitative estimate of drug-likeness (QED) is 0.812. The molecule has 6 nitrogen and oxygen atoms in total. The minimum atomic E-state index is -1.24. The van der Waals surface area contributed by atoms with Crippen LogP contribution in [0.25, 0.3) is 0 Å². The smallest absolute Gasteiger partial charge is 0.329 e. The average molecular weight is 250 g/mol. The highest BCUT2D eigenvalue weighted by Crippen LogP contribution is 2.21. The molecule has 0 aliphatic carbocycles. The number of ether oxygens (including phenoxy) is 1. The number of hydrogen-bond donors (Lipinski definition) is 2. The average Bonchev–Trinajstić information content (AvgIpc) is 2.40. The van der Waals surface area contributed by atoms with Crippen LogP contribution in [0.2, 0.25) is 0 Å². The van der Waals surface area contributed by atoms with Crippen molar-refractivity contribution in [3.8, 4) is 0 Å². The Morgan fingerprint density at radius 2 is 2.06 bits per heavy atom. The molecule has 0 atom stereocenters. The van der Waals surface area contributed by atoms with Crippen LogP contribution in [0.1, 0.15) is 23.3 Å². The Morgan fingerprint density at radius 3 is 2.61 bits per heavy atom. The third-order valence-electron chi connectivity index (χ3n) is 3.01. The number of carboxylic acids is 1. The van der Waals surface area contributed by atoms with Crippen LogP contribution in [0.4, 0.5) is 0 Å². The Labute approximate surface area is 104 Å². The molecule has 6 heteroatoms. The van der Waals surface area contributed by atoms with Gasteiger partial charge < -0.3 is 15.2 Å². The number of carboxylic acid groups (broad SMARTS) is 1. The summed E-state index contributed by atoms with van der Waals surface area (Å²) in [4.78, 5) is 27.2. The number of nitrogens with zero attached hydrogens (tertiary/aromatic N) is 1. The maximum atomic E-state index is 11.9. The summed E-state index contributed by atoms with van der Waals surface area (Å²) >= 11 is 0. The molecule has 2 rings (SSSR count). The van der Waals surface area contributed by atoms with Gasteiger partial charge in [-0.2, -0.15) is 0 Å². The van der Waals surface area contributed by atoms with E-state index in [-0.39, 0.29) is 18.5 Å². The fraction of sp³-hybridized carbons (Fsp3) is 0.417. The summed E-state index contributed by atoms with van der Waals surface area (Å²) in [5, 5.41) is 11.9. The molecule has 96 valence electrons. The van der Waals surface area contributed by atoms with Gasteiger partial charge in [0.05, 0.1) is 0 Å². The summed E-state index contributed by atoms with van der Waals surface area (Å²) in [5.41, 5.74) is -1.03. The first-order valence-corrected chi connectivity index (χ1v) is 5.69. The lowest BCUT2D eigenvalue weighted by atomic mass is 9.90. The number of carbonyl (C=O) groups excluding carboxylic acids is 1. The minimum absolute atomic E-state index is 0.213. The van der Waals surface area contributed by atoms with Crippen LogP contribution in [0.15, 0.2) is 24.4 Å². The number of hydrogen-bond acceptors (Lipinski definition) is 4. The fourth-order valence-electron chi connectivity index (χ4n) is 1.89. The molecule has 1 amide bonds. The highest BCUT2D eigenvalue weighted by molar-refractivity contribution is 5.96. The number of rotatable bonds is 3. The zero-order valence-corrected chi connectivity index (χ0v) is 9.76. The zero-order chi connectivity index (χ0) is 13.0. The van der Waals surface area contributed by atoms with Gasteiger partial charge in [-0.3, -0.25) is 9.78 Å². The molecule has 1 aromatic heterocycles. The van der Waals surface area contributed by atoms with Gasteiger partial charge in [0.1, 0.15) is 11.2 Å². The van der Waals surface area contributed by atoms with E-state index >= 15 is 0 Å². The van der Waals surface area contributed by atoms with Gasteiger partial charge in [-0.25, -0.2) is 4.79 Å². The number of aromatic nitrogens is 1. The summed E-state index contributed by atoms with van der Waals surface area (Å²) in [7, 11) is 0. The minimum Gasteiger partial charge on any atom is -0.480 e. The second-order valence-electron chi connectivity index (χ2n) is 4.17. The lowest BCUT2D eigenvalue weighted by Gasteiger charge is -2.33. The van der Waals surface area contributed by atoms with E-state index in [0.29, 0.717) is 13.2 Å². The van der Waals surface area contributed by atoms with Gasteiger partial charge in [0.2, 0.25) is 0 Å². The molecule has 0 radical (unpaired) electrons. The fourth-order valence-corrected chi connectivity index (χ4v) is 1.89. The summed E-state index contributed by atoms with van der Waals surface area (Å²) < 4.78 is 5.13. The van der Waals surface area contributed by atoms with Crippen LogP contribution >= 0.6 is 0 Å². The highest BCUT2D eigenvalue weighted by atomic mass is 16.5. The number of aliphatic carboxylic acids is 1. The molecule has 0 bridgehead atoms. The van der Waals surface area contributed by atoms with E-state index < -0.39 is 17.4 Å². The van der Waals surface area contributed by atoms with Crippen molar-refractivity contribution in [2.24, 2.45) is 0 Å². The van der Waals surface area contributed by atoms with Gasteiger partial charge in [-0.15, -0.1) is 0 Å². The van der Waals surface area contributed by atoms with E-state index in [2.05, 4.69) is 10.3 Å². The van der Waals surface area contributed by atoms with E-state index in [1.807, 2.05) is 0 Å². The first-order valence-electron chi connectivity index (χ1n) is 5.69. The molecule has 1 aliphatic rings. The van der Waals surface area contributed by atoms with Crippen molar-refractivity contribution in [3.05, 3.63) is 30.1 Å². The second kappa shape index (κ2) is 5.14. The first-order chi connectivity index (χ1) is 8.64. The van der Waals surface area contributed by atoms with Crippen LogP contribution in [-0.4, -0.2) is 40.7 Å². The summed E-state index contributed by atoms with van der Waals surface area (Å²) in [5.74, 6) is -1.50. The lowest BCUT2D eigenvalue weighted by molar-refractivity contribution is -0.148. The molecule has 0 spiro atoms. The normalized spacial score (nSPS) is 18.0. The number of nitrogens with one attached hydrogen (secondary N) is 1. The van der Waals surface area contributed by atoms with Crippen molar-refractivity contribution in [1.29, 1.82) is 0 Å². The van der Waals surface area contributed by atoms with Crippen molar-refractivity contribution in [2.45, 2.75) is 18.4 Å². The SMILES string of the molecule is O=C(NC1(C(=O)O)CCOCC1)c1ccccn1. The molecule has 1 saturated heterocycles. The monoisotopic (exact) mass is 250 g/mol. The Hall–Kier alpha value is -1.95. The molecule has 0 saturated carbocycles. The predicted octanol–water partition coefficient (Wildman–Crippen LogP) is 0.445. The van der Waals surface area contributed by atoms with Crippen molar-refractivity contribution in [1.82, 2.24) is 10.3 Å². The standard InChI is InChI=1S/C12H14N2O4/c15-10(9-3-1-2-6-13-9)14-12(11(16)17)4-7-18-8-5-12/h1-3,6H,4-5,7-8H2,(H,14,15)(H,16,17). The molecular formula is C12H14N2O4. The van der Waals surface area contributed by atoms with E-state index in [0.717, 1.165) is 0 Å². The topological polar surface area (TPSA) is 88.5 Å². The molecule has 0 aromatic carbocycles. The van der Waals surface area contributed by atoms with E-state index in [9.17, 15) is 14.7 Å². The van der Waals surface area contributed by atoms with Crippen LogP contribution in [-0.2, 0) is 9.53 Å². The Morgan fingerprint density at radius 1 is 1.33 bits per heavy atom. The Kier molecular flexibility index (Phi) is 3.57. The second-order valence-corrected chi connectivity index (χ2v) is 4.17. The molecule has 1 aliphatic heterocycles. The Bertz CT molecular complexity index is 441. The van der Waals surface area contributed by atoms with E-state index in [1.165, 1.54) is 6.20 Å². The van der Waals surface area contributed by atoms with Crippen LogP contribution in [0.3, 0.4) is 0 Å². The van der Waals surface area contributed by atoms with Crippen LogP contribution in [0, 0.1) is 0 Å². The van der Waals surface area contributed by atoms with Crippen LogP contribution in [0.5, 0.6) is 0 Å². The molecule has 0 unspecified atom stereocenters. The third kappa shape index (κ3) is 2.48. The lowest BCUT2D eigenvalue weighted by Crippen LogP contribution is -2.57. The highest BCUT2D eigenvalue weighted by Gasteiger charge is 2.41. The number of carbonyl (C=O) groups is 2. The first kappa shape index (κ1) is 12.5. The molecule has 2 N–H and O–H groups in total. The maximum Gasteiger partial charge on any atom is 0.329 e. The number of pyridine rings is 1. The molecule has 18 heavy (non-hydrogen) atoms.